The van der Waals surface area contributed by atoms with Crippen LogP contribution in [-0.2, 0) is 18.7 Å². The first-order chi connectivity index (χ1) is 4.93. The van der Waals surface area contributed by atoms with Crippen LogP contribution in [0.2, 0.25) is 0 Å². The first-order valence-electron chi connectivity index (χ1n) is 3.27. The van der Waals surface area contributed by atoms with E-state index in [1.807, 2.05) is 0 Å². The number of hydrogen-bond acceptors (Lipinski definition) is 4. The molecule has 0 aromatic heterocycles. The third-order valence-corrected chi connectivity index (χ3v) is 1.13. The zero-order valence-corrected chi connectivity index (χ0v) is 6.04. The largest absolute Gasteiger partial charge is 0.639 e. The van der Waals surface area contributed by atoms with E-state index in [1.54, 1.807) is 7.11 Å². The van der Waals surface area contributed by atoms with Crippen LogP contribution in [0, 0.1) is 0 Å². The molecular weight excluding hydrogens is 135 g/mol. The van der Waals surface area contributed by atoms with Crippen molar-refractivity contribution in [3.63, 3.8) is 0 Å². The van der Waals surface area contributed by atoms with Gasteiger partial charge in [-0.15, -0.1) is 0 Å². The van der Waals surface area contributed by atoms with Gasteiger partial charge in [0.15, 0.2) is 0 Å². The summed E-state index contributed by atoms with van der Waals surface area (Å²) >= 11 is 0. The van der Waals surface area contributed by atoms with Crippen LogP contribution in [0.3, 0.4) is 0 Å². The SMILES string of the molecule is COCCOB1OCCO1. The molecule has 10 heavy (non-hydrogen) atoms. The lowest BCUT2D eigenvalue weighted by molar-refractivity contribution is 0.109. The number of hydrogen-bond donors (Lipinski definition) is 0. The minimum absolute atomic E-state index is 0.463. The van der Waals surface area contributed by atoms with Gasteiger partial charge in [0.2, 0.25) is 0 Å². The topological polar surface area (TPSA) is 36.9 Å². The molecule has 4 nitrogen and oxygen atoms in total. The molecule has 58 valence electrons. The molecule has 1 aliphatic heterocycles. The Balaban J connectivity index is 1.91. The first kappa shape index (κ1) is 8.01. The summed E-state index contributed by atoms with van der Waals surface area (Å²) in [7, 11) is 1.16. The molecule has 0 atom stereocenters. The lowest BCUT2D eigenvalue weighted by Crippen LogP contribution is -2.21. The number of ether oxygens (including phenoxy) is 1. The molecule has 5 heteroatoms. The standard InChI is InChI=1S/C5H11BO4/c1-7-2-3-8-6-9-4-5-10-6/h2-5H2,1H3. The van der Waals surface area contributed by atoms with Crippen molar-refractivity contribution in [1.82, 2.24) is 0 Å². The van der Waals surface area contributed by atoms with E-state index < -0.39 is 7.32 Å². The number of rotatable bonds is 4. The summed E-state index contributed by atoms with van der Waals surface area (Å²) in [5, 5.41) is 0. The smallest absolute Gasteiger partial charge is 0.384 e. The number of methoxy groups -OCH3 is 1. The van der Waals surface area contributed by atoms with Crippen LogP contribution in [0.5, 0.6) is 0 Å². The van der Waals surface area contributed by atoms with Gasteiger partial charge in [-0.3, -0.25) is 0 Å². The van der Waals surface area contributed by atoms with Crippen molar-refractivity contribution in [2.24, 2.45) is 0 Å². The molecule has 1 aliphatic rings. The Morgan fingerprint density at radius 2 is 2.00 bits per heavy atom. The Morgan fingerprint density at radius 3 is 2.60 bits per heavy atom. The maximum Gasteiger partial charge on any atom is 0.639 e. The van der Waals surface area contributed by atoms with Crippen LogP contribution in [0.1, 0.15) is 0 Å². The summed E-state index contributed by atoms with van der Waals surface area (Å²) in [4.78, 5) is 0. The highest BCUT2D eigenvalue weighted by Gasteiger charge is 2.25. The summed E-state index contributed by atoms with van der Waals surface area (Å²) in [5.74, 6) is 0. The molecule has 1 rings (SSSR count). The molecule has 0 bridgehead atoms. The van der Waals surface area contributed by atoms with Crippen LogP contribution in [0.15, 0.2) is 0 Å². The summed E-state index contributed by atoms with van der Waals surface area (Å²) in [6.45, 7) is 2.33. The minimum atomic E-state index is -0.463. The summed E-state index contributed by atoms with van der Waals surface area (Å²) in [6.07, 6.45) is 0. The second-order valence-corrected chi connectivity index (χ2v) is 1.89. The normalized spacial score (nSPS) is 18.3. The van der Waals surface area contributed by atoms with Crippen molar-refractivity contribution in [3.8, 4) is 0 Å². The monoisotopic (exact) mass is 146 g/mol. The second kappa shape index (κ2) is 4.68. The molecule has 0 aromatic rings. The minimum Gasteiger partial charge on any atom is -0.384 e. The van der Waals surface area contributed by atoms with E-state index in [-0.39, 0.29) is 0 Å². The van der Waals surface area contributed by atoms with E-state index in [0.717, 1.165) is 0 Å². The Morgan fingerprint density at radius 1 is 1.30 bits per heavy atom. The molecule has 0 saturated carbocycles. The maximum atomic E-state index is 5.07. The van der Waals surface area contributed by atoms with E-state index in [9.17, 15) is 0 Å². The molecule has 1 fully saturated rings. The first-order valence-corrected chi connectivity index (χ1v) is 3.27. The fraction of sp³-hybridized carbons (Fsp3) is 1.00. The Hall–Kier alpha value is -0.0951. The lowest BCUT2D eigenvalue weighted by Gasteiger charge is -2.03. The van der Waals surface area contributed by atoms with E-state index >= 15 is 0 Å². The molecule has 0 aromatic carbocycles. The van der Waals surface area contributed by atoms with E-state index in [4.69, 9.17) is 18.7 Å². The molecule has 1 saturated heterocycles. The van der Waals surface area contributed by atoms with Crippen LogP contribution in [-0.4, -0.2) is 40.9 Å². The van der Waals surface area contributed by atoms with Gasteiger partial charge >= 0.3 is 7.32 Å². The van der Waals surface area contributed by atoms with Gasteiger partial charge in [-0.05, 0) is 0 Å². The van der Waals surface area contributed by atoms with Crippen molar-refractivity contribution < 1.29 is 18.7 Å². The lowest BCUT2D eigenvalue weighted by atomic mass is 10.2. The average Bonchev–Trinajstić information content (AvgIpc) is 2.41. The van der Waals surface area contributed by atoms with E-state index in [2.05, 4.69) is 0 Å². The highest BCUT2D eigenvalue weighted by atomic mass is 16.8. The molecular formula is C5H11BO4. The molecule has 0 amide bonds. The maximum absolute atomic E-state index is 5.07. The molecule has 1 heterocycles. The Bertz CT molecular complexity index is 83.7. The molecule has 0 spiro atoms. The van der Waals surface area contributed by atoms with E-state index in [0.29, 0.717) is 26.4 Å². The fourth-order valence-corrected chi connectivity index (χ4v) is 0.661. The average molecular weight is 146 g/mol. The van der Waals surface area contributed by atoms with Gasteiger partial charge in [0.25, 0.3) is 0 Å². The fourth-order valence-electron chi connectivity index (χ4n) is 0.661. The zero-order chi connectivity index (χ0) is 7.23. The van der Waals surface area contributed by atoms with Gasteiger partial charge in [-0.25, -0.2) is 0 Å². The van der Waals surface area contributed by atoms with Gasteiger partial charge < -0.3 is 18.7 Å². The second-order valence-electron chi connectivity index (χ2n) is 1.89. The van der Waals surface area contributed by atoms with Gasteiger partial charge in [0.1, 0.15) is 0 Å². The van der Waals surface area contributed by atoms with Crippen molar-refractivity contribution in [1.29, 1.82) is 0 Å². The highest BCUT2D eigenvalue weighted by molar-refractivity contribution is 6.36. The molecule has 0 N–H and O–H groups in total. The predicted molar refractivity (Wildman–Crippen MR) is 35.5 cm³/mol. The van der Waals surface area contributed by atoms with Gasteiger partial charge in [0, 0.05) is 7.11 Å². The zero-order valence-electron chi connectivity index (χ0n) is 6.04. The highest BCUT2D eigenvalue weighted by Crippen LogP contribution is 1.99. The molecule has 0 aliphatic carbocycles. The van der Waals surface area contributed by atoms with Crippen molar-refractivity contribution in [2.45, 2.75) is 0 Å². The Labute approximate surface area is 60.6 Å². The third-order valence-electron chi connectivity index (χ3n) is 1.13. The summed E-state index contributed by atoms with van der Waals surface area (Å²) in [6, 6.07) is 0. The summed E-state index contributed by atoms with van der Waals surface area (Å²) in [5.41, 5.74) is 0. The van der Waals surface area contributed by atoms with Gasteiger partial charge in [0.05, 0.1) is 26.4 Å². The van der Waals surface area contributed by atoms with E-state index in [1.165, 1.54) is 0 Å². The van der Waals surface area contributed by atoms with Crippen LogP contribution in [0.4, 0.5) is 0 Å². The molecule has 0 radical (unpaired) electrons. The molecule has 0 unspecified atom stereocenters. The Kier molecular flexibility index (Phi) is 3.75. The van der Waals surface area contributed by atoms with Crippen LogP contribution in [0.25, 0.3) is 0 Å². The van der Waals surface area contributed by atoms with Crippen LogP contribution < -0.4 is 0 Å². The van der Waals surface area contributed by atoms with Crippen molar-refractivity contribution in [3.05, 3.63) is 0 Å². The third kappa shape index (κ3) is 2.66. The van der Waals surface area contributed by atoms with Crippen LogP contribution >= 0.6 is 0 Å². The van der Waals surface area contributed by atoms with Crippen molar-refractivity contribution >= 4 is 7.32 Å². The quantitative estimate of drug-likeness (QED) is 0.402. The van der Waals surface area contributed by atoms with Gasteiger partial charge in [-0.1, -0.05) is 0 Å². The summed E-state index contributed by atoms with van der Waals surface area (Å²) < 4.78 is 19.8. The van der Waals surface area contributed by atoms with Gasteiger partial charge in [-0.2, -0.15) is 0 Å². The predicted octanol–water partition coefficient (Wildman–Crippen LogP) is -0.319. The van der Waals surface area contributed by atoms with Crippen molar-refractivity contribution in [2.75, 3.05) is 33.5 Å².